The summed E-state index contributed by atoms with van der Waals surface area (Å²) in [6, 6.07) is 0.190. The maximum Gasteiger partial charge on any atom is 0.151 e. The first-order valence-electron chi connectivity index (χ1n) is 6.53. The molecule has 0 amide bonds. The van der Waals surface area contributed by atoms with E-state index in [1.807, 2.05) is 0 Å². The molecular weight excluding hydrogens is 236 g/mol. The second-order valence-electron chi connectivity index (χ2n) is 6.24. The van der Waals surface area contributed by atoms with E-state index in [1.54, 1.807) is 0 Å². The lowest BCUT2D eigenvalue weighted by Gasteiger charge is -2.20. The number of rotatable bonds is 4. The second-order valence-corrected chi connectivity index (χ2v) is 8.47. The van der Waals surface area contributed by atoms with E-state index in [0.717, 1.165) is 26.1 Å². The molecule has 4 nitrogen and oxygen atoms in total. The lowest BCUT2D eigenvalue weighted by molar-refractivity contribution is 0.287. The lowest BCUT2D eigenvalue weighted by Crippen LogP contribution is -2.37. The molecule has 100 valence electrons. The molecule has 17 heavy (non-hydrogen) atoms. The van der Waals surface area contributed by atoms with Crippen LogP contribution in [-0.2, 0) is 9.84 Å². The highest BCUT2D eigenvalue weighted by molar-refractivity contribution is 7.91. The van der Waals surface area contributed by atoms with Gasteiger partial charge in [-0.05, 0) is 24.8 Å². The summed E-state index contributed by atoms with van der Waals surface area (Å²) in [5.41, 5.74) is 0.455. The predicted molar refractivity (Wildman–Crippen MR) is 69.9 cm³/mol. The molecule has 0 aromatic heterocycles. The fourth-order valence-corrected chi connectivity index (χ4v) is 4.51. The number of hydrogen-bond donors (Lipinski definition) is 1. The highest BCUT2D eigenvalue weighted by atomic mass is 32.2. The molecule has 2 aliphatic heterocycles. The number of likely N-dealkylation sites (tertiary alicyclic amines) is 1. The van der Waals surface area contributed by atoms with Crippen LogP contribution in [0.25, 0.3) is 0 Å². The third-order valence-electron chi connectivity index (χ3n) is 3.85. The molecule has 0 spiro atoms. The Labute approximate surface area is 105 Å². The smallest absolute Gasteiger partial charge is 0.151 e. The van der Waals surface area contributed by atoms with E-state index in [9.17, 15) is 8.42 Å². The Bertz CT molecular complexity index is 365. The minimum Gasteiger partial charge on any atom is -0.312 e. The highest BCUT2D eigenvalue weighted by Gasteiger charge is 2.30. The number of sulfone groups is 1. The minimum atomic E-state index is -2.74. The Morgan fingerprint density at radius 2 is 2.18 bits per heavy atom. The van der Waals surface area contributed by atoms with Gasteiger partial charge in [-0.1, -0.05) is 13.8 Å². The van der Waals surface area contributed by atoms with Crippen molar-refractivity contribution < 1.29 is 8.42 Å². The Balaban J connectivity index is 1.64. The van der Waals surface area contributed by atoms with Gasteiger partial charge < -0.3 is 10.2 Å². The van der Waals surface area contributed by atoms with Crippen LogP contribution in [0.4, 0.5) is 0 Å². The zero-order valence-electron chi connectivity index (χ0n) is 10.9. The van der Waals surface area contributed by atoms with Gasteiger partial charge in [0.15, 0.2) is 9.84 Å². The Morgan fingerprint density at radius 3 is 2.71 bits per heavy atom. The minimum absolute atomic E-state index is 0.190. The Morgan fingerprint density at radius 1 is 1.41 bits per heavy atom. The van der Waals surface area contributed by atoms with E-state index < -0.39 is 9.84 Å². The Hall–Kier alpha value is -0.130. The van der Waals surface area contributed by atoms with E-state index in [4.69, 9.17) is 0 Å². The van der Waals surface area contributed by atoms with Crippen molar-refractivity contribution in [2.75, 3.05) is 37.7 Å². The second kappa shape index (κ2) is 4.86. The van der Waals surface area contributed by atoms with Crippen LogP contribution in [0.15, 0.2) is 0 Å². The standard InChI is InChI=1S/C12H24N2O2S/c1-12(2)4-6-14(10-12)7-5-13-11-3-8-17(15,16)9-11/h11,13H,3-10H2,1-2H3. The molecule has 0 aromatic rings. The number of nitrogens with one attached hydrogen (secondary N) is 1. The topological polar surface area (TPSA) is 49.4 Å². The van der Waals surface area contributed by atoms with E-state index in [1.165, 1.54) is 13.0 Å². The van der Waals surface area contributed by atoms with Crippen LogP contribution >= 0.6 is 0 Å². The zero-order valence-corrected chi connectivity index (χ0v) is 11.7. The van der Waals surface area contributed by atoms with Gasteiger partial charge in [0.05, 0.1) is 11.5 Å². The molecule has 0 aromatic carbocycles. The first kappa shape index (κ1) is 13.3. The van der Waals surface area contributed by atoms with Crippen LogP contribution in [0.3, 0.4) is 0 Å². The van der Waals surface area contributed by atoms with Gasteiger partial charge in [-0.3, -0.25) is 0 Å². The molecule has 1 atom stereocenters. The van der Waals surface area contributed by atoms with E-state index in [0.29, 0.717) is 16.9 Å². The third kappa shape index (κ3) is 3.93. The summed E-state index contributed by atoms with van der Waals surface area (Å²) in [4.78, 5) is 2.47. The normalized spacial score (nSPS) is 32.0. The van der Waals surface area contributed by atoms with Crippen molar-refractivity contribution in [3.05, 3.63) is 0 Å². The van der Waals surface area contributed by atoms with Crippen LogP contribution in [-0.4, -0.2) is 57.0 Å². The summed E-state index contributed by atoms with van der Waals surface area (Å²) in [5, 5.41) is 3.37. The van der Waals surface area contributed by atoms with E-state index in [2.05, 4.69) is 24.1 Å². The molecule has 1 N–H and O–H groups in total. The molecule has 1 unspecified atom stereocenters. The summed E-state index contributed by atoms with van der Waals surface area (Å²) in [6.07, 6.45) is 2.05. The van der Waals surface area contributed by atoms with Crippen molar-refractivity contribution in [2.45, 2.75) is 32.7 Å². The maximum absolute atomic E-state index is 11.3. The molecule has 0 bridgehead atoms. The number of nitrogens with zero attached hydrogens (tertiary/aromatic N) is 1. The summed E-state index contributed by atoms with van der Waals surface area (Å²) in [7, 11) is -2.74. The van der Waals surface area contributed by atoms with Gasteiger partial charge in [-0.15, -0.1) is 0 Å². The third-order valence-corrected chi connectivity index (χ3v) is 5.62. The van der Waals surface area contributed by atoms with Crippen LogP contribution in [0.2, 0.25) is 0 Å². The summed E-state index contributed by atoms with van der Waals surface area (Å²) >= 11 is 0. The monoisotopic (exact) mass is 260 g/mol. The van der Waals surface area contributed by atoms with Crippen molar-refractivity contribution in [1.29, 1.82) is 0 Å². The van der Waals surface area contributed by atoms with Gasteiger partial charge in [0.2, 0.25) is 0 Å². The molecule has 2 heterocycles. The van der Waals surface area contributed by atoms with Gasteiger partial charge >= 0.3 is 0 Å². The summed E-state index contributed by atoms with van der Waals surface area (Å²) in [5.74, 6) is 0.694. The molecule has 2 saturated heterocycles. The van der Waals surface area contributed by atoms with Crippen molar-refractivity contribution in [1.82, 2.24) is 10.2 Å². The lowest BCUT2D eigenvalue weighted by atomic mass is 9.93. The van der Waals surface area contributed by atoms with E-state index >= 15 is 0 Å². The van der Waals surface area contributed by atoms with Crippen LogP contribution in [0.1, 0.15) is 26.7 Å². The van der Waals surface area contributed by atoms with Crippen molar-refractivity contribution in [2.24, 2.45) is 5.41 Å². The van der Waals surface area contributed by atoms with E-state index in [-0.39, 0.29) is 6.04 Å². The average Bonchev–Trinajstić information content (AvgIpc) is 2.70. The zero-order chi connectivity index (χ0) is 12.5. The molecule has 0 aliphatic carbocycles. The van der Waals surface area contributed by atoms with Crippen molar-refractivity contribution >= 4 is 9.84 Å². The number of hydrogen-bond acceptors (Lipinski definition) is 4. The molecule has 2 fully saturated rings. The largest absolute Gasteiger partial charge is 0.312 e. The molecule has 5 heteroatoms. The fourth-order valence-electron chi connectivity index (χ4n) is 2.80. The van der Waals surface area contributed by atoms with Gasteiger partial charge in [-0.25, -0.2) is 8.42 Å². The van der Waals surface area contributed by atoms with Crippen molar-refractivity contribution in [3.8, 4) is 0 Å². The SMILES string of the molecule is CC1(C)CCN(CCNC2CCS(=O)(=O)C2)C1. The maximum atomic E-state index is 11.3. The summed E-state index contributed by atoms with van der Waals surface area (Å²) < 4.78 is 22.6. The van der Waals surface area contributed by atoms with Gasteiger partial charge in [-0.2, -0.15) is 0 Å². The fraction of sp³-hybridized carbons (Fsp3) is 1.00. The molecule has 0 radical (unpaired) electrons. The van der Waals surface area contributed by atoms with Gasteiger partial charge in [0.25, 0.3) is 0 Å². The van der Waals surface area contributed by atoms with Crippen LogP contribution in [0.5, 0.6) is 0 Å². The molecule has 0 saturated carbocycles. The Kier molecular flexibility index (Phi) is 3.80. The quantitative estimate of drug-likeness (QED) is 0.799. The van der Waals surface area contributed by atoms with Crippen LogP contribution < -0.4 is 5.32 Å². The van der Waals surface area contributed by atoms with Gasteiger partial charge in [0, 0.05) is 25.7 Å². The summed E-state index contributed by atoms with van der Waals surface area (Å²) in [6.45, 7) is 8.92. The molecule has 2 aliphatic rings. The average molecular weight is 260 g/mol. The highest BCUT2D eigenvalue weighted by Crippen LogP contribution is 2.28. The first-order chi connectivity index (χ1) is 7.86. The molecule has 2 rings (SSSR count). The predicted octanol–water partition coefficient (Wildman–Crippen LogP) is 0.495. The van der Waals surface area contributed by atoms with Gasteiger partial charge in [0.1, 0.15) is 0 Å². The molecular formula is C12H24N2O2S. The van der Waals surface area contributed by atoms with Crippen molar-refractivity contribution in [3.63, 3.8) is 0 Å². The van der Waals surface area contributed by atoms with Crippen LogP contribution in [0, 0.1) is 5.41 Å². The first-order valence-corrected chi connectivity index (χ1v) is 8.35.